The summed E-state index contributed by atoms with van der Waals surface area (Å²) in [6.45, 7) is 0. The Morgan fingerprint density at radius 3 is 2.56 bits per heavy atom. The average molecular weight is 383 g/mol. The Balaban J connectivity index is 1.60. The molecular weight excluding hydrogens is 364 g/mol. The molecule has 2 heterocycles. The number of nitrogens with one attached hydrogen (secondary N) is 1. The van der Waals surface area contributed by atoms with Crippen LogP contribution < -0.4 is 5.32 Å². The number of hydrogen-bond donors (Lipinski definition) is 3. The van der Waals surface area contributed by atoms with E-state index in [1.165, 1.54) is 6.07 Å². The van der Waals surface area contributed by atoms with Gasteiger partial charge in [0, 0.05) is 39.3 Å². The zero-order valence-electron chi connectivity index (χ0n) is 14.6. The maximum absolute atomic E-state index is 10.5. The van der Waals surface area contributed by atoms with Crippen LogP contribution in [0, 0.1) is 0 Å². The summed E-state index contributed by atoms with van der Waals surface area (Å²) in [6.07, 6.45) is 7.69. The fraction of sp³-hybridized carbons (Fsp3) is 0.350. The van der Waals surface area contributed by atoms with Crippen LogP contribution in [-0.2, 0) is 0 Å². The fourth-order valence-electron chi connectivity index (χ4n) is 4.59. The van der Waals surface area contributed by atoms with E-state index < -0.39 is 5.60 Å². The molecule has 0 spiro atoms. The first-order valence-electron chi connectivity index (χ1n) is 9.07. The van der Waals surface area contributed by atoms with E-state index in [1.54, 1.807) is 24.5 Å². The van der Waals surface area contributed by atoms with Gasteiger partial charge >= 0.3 is 0 Å². The minimum absolute atomic E-state index is 0.0610. The molecule has 1 aromatic carbocycles. The largest absolute Gasteiger partial charge is 0.507 e. The van der Waals surface area contributed by atoms with Gasteiger partial charge in [0.15, 0.2) is 5.82 Å². The molecule has 3 N–H and O–H groups in total. The van der Waals surface area contributed by atoms with Crippen molar-refractivity contribution in [1.29, 1.82) is 0 Å². The van der Waals surface area contributed by atoms with Crippen LogP contribution in [0.1, 0.15) is 32.1 Å². The highest BCUT2D eigenvalue weighted by molar-refractivity contribution is 6.30. The van der Waals surface area contributed by atoms with Crippen molar-refractivity contribution in [2.75, 3.05) is 5.32 Å². The van der Waals surface area contributed by atoms with E-state index in [0.717, 1.165) is 42.9 Å². The highest BCUT2D eigenvalue weighted by Gasteiger charge is 2.53. The predicted molar refractivity (Wildman–Crippen MR) is 104 cm³/mol. The molecule has 6 nitrogen and oxygen atoms in total. The van der Waals surface area contributed by atoms with Crippen molar-refractivity contribution in [3.8, 4) is 17.0 Å². The lowest BCUT2D eigenvalue weighted by Crippen LogP contribution is -2.33. The van der Waals surface area contributed by atoms with E-state index in [-0.39, 0.29) is 11.3 Å². The Labute approximate surface area is 161 Å². The number of phenols is 1. The number of aliphatic hydroxyl groups is 1. The molecule has 27 heavy (non-hydrogen) atoms. The summed E-state index contributed by atoms with van der Waals surface area (Å²) in [4.78, 5) is 4.25. The number of nitrogens with zero attached hydrogens (tertiary/aromatic N) is 3. The van der Waals surface area contributed by atoms with Gasteiger partial charge in [-0.3, -0.25) is 4.98 Å². The first-order valence-corrected chi connectivity index (χ1v) is 9.45. The number of aromatic hydroxyl groups is 1. The number of rotatable bonds is 3. The lowest BCUT2D eigenvalue weighted by molar-refractivity contribution is 0.0521. The third kappa shape index (κ3) is 2.71. The molecule has 0 unspecified atom stereocenters. The van der Waals surface area contributed by atoms with Gasteiger partial charge < -0.3 is 15.5 Å². The normalized spacial score (nSPS) is 26.6. The second kappa shape index (κ2) is 5.78. The fourth-order valence-corrected chi connectivity index (χ4v) is 4.76. The van der Waals surface area contributed by atoms with Gasteiger partial charge in [-0.05, 0) is 56.4 Å². The van der Waals surface area contributed by atoms with Crippen molar-refractivity contribution < 1.29 is 10.2 Å². The predicted octanol–water partition coefficient (Wildman–Crippen LogP) is 3.91. The molecule has 2 aliphatic carbocycles. The molecule has 0 atom stereocenters. The van der Waals surface area contributed by atoms with Crippen molar-refractivity contribution in [2.24, 2.45) is 0 Å². The molecule has 2 bridgehead atoms. The number of pyridine rings is 1. The number of benzene rings is 1. The van der Waals surface area contributed by atoms with Gasteiger partial charge in [-0.2, -0.15) is 0 Å². The van der Waals surface area contributed by atoms with Gasteiger partial charge in [0.25, 0.3) is 0 Å². The van der Waals surface area contributed by atoms with E-state index in [0.29, 0.717) is 22.1 Å². The molecule has 0 amide bonds. The van der Waals surface area contributed by atoms with Crippen LogP contribution in [0.4, 0.5) is 5.82 Å². The number of fused-ring (bicyclic) bond motifs is 3. The molecule has 0 aliphatic heterocycles. The summed E-state index contributed by atoms with van der Waals surface area (Å²) in [5.41, 5.74) is 0.488. The first-order chi connectivity index (χ1) is 13.0. The van der Waals surface area contributed by atoms with Gasteiger partial charge in [0.2, 0.25) is 0 Å². The quantitative estimate of drug-likeness (QED) is 0.636. The average Bonchev–Trinajstić information content (AvgIpc) is 3.16. The highest BCUT2D eigenvalue weighted by Crippen LogP contribution is 2.52. The summed E-state index contributed by atoms with van der Waals surface area (Å²) < 4.78 is 0. The molecule has 2 saturated carbocycles. The Morgan fingerprint density at radius 2 is 1.85 bits per heavy atom. The molecule has 7 heteroatoms. The van der Waals surface area contributed by atoms with Crippen LogP contribution in [0.3, 0.4) is 0 Å². The van der Waals surface area contributed by atoms with Gasteiger partial charge in [0.05, 0.1) is 5.60 Å². The Hall–Kier alpha value is -2.44. The number of phenolic OH excluding ortho intramolecular Hbond substituents is 1. The molecule has 5 rings (SSSR count). The highest BCUT2D eigenvalue weighted by atomic mass is 35.5. The van der Waals surface area contributed by atoms with Crippen LogP contribution in [-0.4, -0.2) is 36.5 Å². The summed E-state index contributed by atoms with van der Waals surface area (Å²) in [6, 6.07) is 6.82. The van der Waals surface area contributed by atoms with E-state index in [1.807, 2.05) is 6.07 Å². The van der Waals surface area contributed by atoms with Gasteiger partial charge in [-0.25, -0.2) is 0 Å². The summed E-state index contributed by atoms with van der Waals surface area (Å²) >= 11 is 5.95. The number of hydrogen-bond acceptors (Lipinski definition) is 6. The summed E-state index contributed by atoms with van der Waals surface area (Å²) in [5.74, 6) is 0.729. The molecular formula is C20H19ClN4O2. The first kappa shape index (κ1) is 16.7. The van der Waals surface area contributed by atoms with Gasteiger partial charge in [-0.1, -0.05) is 11.6 Å². The third-order valence-electron chi connectivity index (χ3n) is 5.99. The molecule has 0 radical (unpaired) electrons. The van der Waals surface area contributed by atoms with Gasteiger partial charge in [0.1, 0.15) is 11.4 Å². The van der Waals surface area contributed by atoms with Crippen molar-refractivity contribution in [2.45, 2.75) is 43.2 Å². The smallest absolute Gasteiger partial charge is 0.158 e. The Morgan fingerprint density at radius 1 is 1.04 bits per heavy atom. The van der Waals surface area contributed by atoms with Gasteiger partial charge in [-0.15, -0.1) is 10.2 Å². The monoisotopic (exact) mass is 382 g/mol. The van der Waals surface area contributed by atoms with Crippen molar-refractivity contribution in [3.05, 3.63) is 41.7 Å². The Kier molecular flexibility index (Phi) is 3.58. The van der Waals surface area contributed by atoms with Crippen molar-refractivity contribution in [3.63, 3.8) is 0 Å². The molecule has 2 aliphatic rings. The number of halogens is 1. The van der Waals surface area contributed by atoms with Crippen molar-refractivity contribution in [1.82, 2.24) is 15.2 Å². The third-order valence-corrected chi connectivity index (χ3v) is 6.22. The molecule has 2 aromatic heterocycles. The van der Waals surface area contributed by atoms with E-state index in [9.17, 15) is 10.2 Å². The van der Waals surface area contributed by atoms with Crippen LogP contribution in [0.15, 0.2) is 36.7 Å². The van der Waals surface area contributed by atoms with E-state index in [2.05, 4.69) is 20.5 Å². The number of anilines is 1. The molecule has 0 saturated heterocycles. The minimum atomic E-state index is -0.538. The maximum atomic E-state index is 10.5. The van der Waals surface area contributed by atoms with Crippen LogP contribution in [0.5, 0.6) is 5.75 Å². The summed E-state index contributed by atoms with van der Waals surface area (Å²) in [5, 5.41) is 35.4. The Bertz CT molecular complexity index is 1050. The zero-order valence-corrected chi connectivity index (χ0v) is 15.4. The second-order valence-corrected chi connectivity index (χ2v) is 8.22. The van der Waals surface area contributed by atoms with Crippen LogP contribution in [0.25, 0.3) is 22.0 Å². The maximum Gasteiger partial charge on any atom is 0.158 e. The van der Waals surface area contributed by atoms with E-state index >= 15 is 0 Å². The molecule has 3 aromatic rings. The minimum Gasteiger partial charge on any atom is -0.507 e. The molecule has 2 fully saturated rings. The standard InChI is InChI=1S/C20H19ClN4O2/c21-12-1-2-14(16(26)9-12)17-13-3-8-22-10-15(13)18(25-24-17)23-19-4-6-20(27,11-19)7-5-19/h1-3,8-10,26-27H,4-7,11H2,(H,23,25). The van der Waals surface area contributed by atoms with Crippen LogP contribution >= 0.6 is 11.6 Å². The number of aromatic nitrogens is 3. The van der Waals surface area contributed by atoms with E-state index in [4.69, 9.17) is 11.6 Å². The zero-order chi connectivity index (χ0) is 18.6. The summed E-state index contributed by atoms with van der Waals surface area (Å²) in [7, 11) is 0. The topological polar surface area (TPSA) is 91.2 Å². The lowest BCUT2D eigenvalue weighted by Gasteiger charge is -2.28. The lowest BCUT2D eigenvalue weighted by atomic mass is 9.92. The second-order valence-electron chi connectivity index (χ2n) is 7.79. The SMILES string of the molecule is Oc1cc(Cl)ccc1-c1nnc(NC23CCC(O)(CC2)C3)c2cnccc12. The van der Waals surface area contributed by atoms with Crippen LogP contribution in [0.2, 0.25) is 5.02 Å². The van der Waals surface area contributed by atoms with Crippen molar-refractivity contribution >= 4 is 28.2 Å². The molecule has 138 valence electrons.